The fourth-order valence-corrected chi connectivity index (χ4v) is 2.67. The normalized spacial score (nSPS) is 24.7. The number of fused-ring (bicyclic) bond motifs is 1. The molecule has 1 fully saturated rings. The van der Waals surface area contributed by atoms with Gasteiger partial charge in [0.15, 0.2) is 17.0 Å². The Labute approximate surface area is 106 Å². The summed E-state index contributed by atoms with van der Waals surface area (Å²) in [7, 11) is 1.96. The first-order valence-electron chi connectivity index (χ1n) is 6.29. The molecule has 1 aliphatic rings. The van der Waals surface area contributed by atoms with Crippen LogP contribution in [-0.4, -0.2) is 44.7 Å². The van der Waals surface area contributed by atoms with Crippen molar-refractivity contribution in [3.63, 3.8) is 0 Å². The molecule has 0 aromatic carbocycles. The molecule has 3 heterocycles. The zero-order valence-corrected chi connectivity index (χ0v) is 11.0. The lowest BCUT2D eigenvalue weighted by molar-refractivity contribution is 0.429. The number of imidazole rings is 1. The molecule has 96 valence electrons. The smallest absolute Gasteiger partial charge is 0.165 e. The van der Waals surface area contributed by atoms with E-state index in [1.54, 1.807) is 12.7 Å². The molecule has 2 atom stereocenters. The molecule has 0 radical (unpaired) electrons. The average molecular weight is 246 g/mol. The highest BCUT2D eigenvalue weighted by atomic mass is 15.3. The molecule has 6 nitrogen and oxygen atoms in total. The van der Waals surface area contributed by atoms with E-state index in [0.29, 0.717) is 12.1 Å². The van der Waals surface area contributed by atoms with Gasteiger partial charge in [0.05, 0.1) is 6.33 Å². The molecule has 18 heavy (non-hydrogen) atoms. The van der Waals surface area contributed by atoms with Crippen LogP contribution in [0.2, 0.25) is 0 Å². The monoisotopic (exact) mass is 246 g/mol. The van der Waals surface area contributed by atoms with E-state index in [2.05, 4.69) is 39.0 Å². The first-order valence-corrected chi connectivity index (χ1v) is 6.29. The second-order valence-electron chi connectivity index (χ2n) is 4.99. The minimum Gasteiger partial charge on any atom is -0.347 e. The van der Waals surface area contributed by atoms with Crippen LogP contribution >= 0.6 is 0 Å². The van der Waals surface area contributed by atoms with Gasteiger partial charge in [-0.25, -0.2) is 15.0 Å². The Morgan fingerprint density at radius 2 is 1.89 bits per heavy atom. The lowest BCUT2D eigenvalue weighted by atomic mass is 10.1. The predicted octanol–water partition coefficient (Wildman–Crippen LogP) is 0.550. The van der Waals surface area contributed by atoms with Gasteiger partial charge < -0.3 is 14.8 Å². The van der Waals surface area contributed by atoms with E-state index in [1.165, 1.54) is 0 Å². The van der Waals surface area contributed by atoms with Crippen molar-refractivity contribution in [3.05, 3.63) is 12.7 Å². The molecule has 2 aromatic heterocycles. The minimum absolute atomic E-state index is 0.411. The van der Waals surface area contributed by atoms with Crippen LogP contribution in [0.15, 0.2) is 12.7 Å². The third-order valence-electron chi connectivity index (χ3n) is 3.55. The van der Waals surface area contributed by atoms with Crippen molar-refractivity contribution in [1.29, 1.82) is 0 Å². The third-order valence-corrected chi connectivity index (χ3v) is 3.55. The second kappa shape index (κ2) is 4.20. The molecule has 0 amide bonds. The topological polar surface area (TPSA) is 58.9 Å². The fourth-order valence-electron chi connectivity index (χ4n) is 2.67. The Balaban J connectivity index is 2.12. The van der Waals surface area contributed by atoms with Crippen molar-refractivity contribution in [2.24, 2.45) is 7.05 Å². The summed E-state index contributed by atoms with van der Waals surface area (Å²) in [6.07, 6.45) is 3.42. The van der Waals surface area contributed by atoms with Crippen LogP contribution in [-0.2, 0) is 7.05 Å². The molecule has 0 spiro atoms. The van der Waals surface area contributed by atoms with E-state index < -0.39 is 0 Å². The van der Waals surface area contributed by atoms with Gasteiger partial charge in [0.2, 0.25) is 0 Å². The van der Waals surface area contributed by atoms with Gasteiger partial charge in [0, 0.05) is 32.2 Å². The molecule has 0 saturated carbocycles. The maximum atomic E-state index is 4.46. The van der Waals surface area contributed by atoms with Crippen LogP contribution in [0.25, 0.3) is 11.2 Å². The lowest BCUT2D eigenvalue weighted by Gasteiger charge is -2.40. The molecule has 6 heteroatoms. The molecule has 0 aliphatic carbocycles. The van der Waals surface area contributed by atoms with Gasteiger partial charge in [0.25, 0.3) is 0 Å². The van der Waals surface area contributed by atoms with Gasteiger partial charge >= 0.3 is 0 Å². The molecule has 0 unspecified atom stereocenters. The Morgan fingerprint density at radius 3 is 2.61 bits per heavy atom. The molecule has 1 N–H and O–H groups in total. The van der Waals surface area contributed by atoms with Gasteiger partial charge in [-0.3, -0.25) is 0 Å². The second-order valence-corrected chi connectivity index (χ2v) is 4.99. The zero-order chi connectivity index (χ0) is 12.7. The van der Waals surface area contributed by atoms with E-state index in [0.717, 1.165) is 30.1 Å². The van der Waals surface area contributed by atoms with Crippen LogP contribution in [0.4, 0.5) is 5.82 Å². The van der Waals surface area contributed by atoms with Crippen molar-refractivity contribution < 1.29 is 0 Å². The van der Waals surface area contributed by atoms with Gasteiger partial charge in [-0.15, -0.1) is 0 Å². The number of aromatic nitrogens is 4. The molecule has 1 saturated heterocycles. The first-order chi connectivity index (χ1) is 8.68. The standard InChI is InChI=1S/C12H18N6/c1-8-4-13-5-9(2)18(8)12-10-11(14-6-15-12)17(3)7-16-10/h6-9,13H,4-5H2,1-3H3/t8-,9+. The van der Waals surface area contributed by atoms with Crippen molar-refractivity contribution in [3.8, 4) is 0 Å². The van der Waals surface area contributed by atoms with Crippen LogP contribution in [0.1, 0.15) is 13.8 Å². The summed E-state index contributed by atoms with van der Waals surface area (Å²) in [5, 5.41) is 3.43. The number of rotatable bonds is 1. The molecular weight excluding hydrogens is 228 g/mol. The van der Waals surface area contributed by atoms with Crippen molar-refractivity contribution >= 4 is 17.0 Å². The van der Waals surface area contributed by atoms with Crippen LogP contribution in [0.3, 0.4) is 0 Å². The van der Waals surface area contributed by atoms with E-state index in [1.807, 2.05) is 11.6 Å². The van der Waals surface area contributed by atoms with Crippen LogP contribution in [0.5, 0.6) is 0 Å². The maximum Gasteiger partial charge on any atom is 0.165 e. The van der Waals surface area contributed by atoms with Crippen LogP contribution in [0, 0.1) is 0 Å². The van der Waals surface area contributed by atoms with Gasteiger partial charge in [-0.1, -0.05) is 0 Å². The number of aryl methyl sites for hydroxylation is 1. The Bertz CT molecular complexity index is 553. The first kappa shape index (κ1) is 11.4. The molecular formula is C12H18N6. The van der Waals surface area contributed by atoms with E-state index in [4.69, 9.17) is 0 Å². The Kier molecular flexibility index (Phi) is 2.66. The summed E-state index contributed by atoms with van der Waals surface area (Å²) in [4.78, 5) is 15.5. The molecule has 3 rings (SSSR count). The summed E-state index contributed by atoms with van der Waals surface area (Å²) in [5.74, 6) is 0.946. The number of anilines is 1. The Morgan fingerprint density at radius 1 is 1.17 bits per heavy atom. The quantitative estimate of drug-likeness (QED) is 0.796. The van der Waals surface area contributed by atoms with E-state index >= 15 is 0 Å². The highest BCUT2D eigenvalue weighted by Gasteiger charge is 2.27. The van der Waals surface area contributed by atoms with Gasteiger partial charge in [-0.05, 0) is 13.8 Å². The summed E-state index contributed by atoms with van der Waals surface area (Å²) >= 11 is 0. The molecule has 2 aromatic rings. The van der Waals surface area contributed by atoms with E-state index in [-0.39, 0.29) is 0 Å². The summed E-state index contributed by atoms with van der Waals surface area (Å²) in [5.41, 5.74) is 1.78. The molecule has 0 bridgehead atoms. The minimum atomic E-state index is 0.411. The van der Waals surface area contributed by atoms with Gasteiger partial charge in [0.1, 0.15) is 6.33 Å². The number of nitrogens with one attached hydrogen (secondary N) is 1. The largest absolute Gasteiger partial charge is 0.347 e. The SMILES string of the molecule is C[C@@H]1CNC[C@H](C)N1c1ncnc2c1ncn2C. The van der Waals surface area contributed by atoms with Gasteiger partial charge in [-0.2, -0.15) is 0 Å². The third kappa shape index (κ3) is 1.64. The average Bonchev–Trinajstić information content (AvgIpc) is 2.72. The van der Waals surface area contributed by atoms with Crippen molar-refractivity contribution in [2.75, 3.05) is 18.0 Å². The maximum absolute atomic E-state index is 4.46. The van der Waals surface area contributed by atoms with Crippen LogP contribution < -0.4 is 10.2 Å². The van der Waals surface area contributed by atoms with Crippen molar-refractivity contribution in [1.82, 2.24) is 24.8 Å². The number of hydrogen-bond acceptors (Lipinski definition) is 5. The number of hydrogen-bond donors (Lipinski definition) is 1. The summed E-state index contributed by atoms with van der Waals surface area (Å²) < 4.78 is 1.93. The fraction of sp³-hybridized carbons (Fsp3) is 0.583. The molecule has 1 aliphatic heterocycles. The highest BCUT2D eigenvalue weighted by molar-refractivity contribution is 5.83. The zero-order valence-electron chi connectivity index (χ0n) is 11.0. The number of piperazine rings is 1. The lowest BCUT2D eigenvalue weighted by Crippen LogP contribution is -2.55. The highest BCUT2D eigenvalue weighted by Crippen LogP contribution is 2.25. The number of nitrogens with zero attached hydrogens (tertiary/aromatic N) is 5. The predicted molar refractivity (Wildman–Crippen MR) is 70.6 cm³/mol. The summed E-state index contributed by atoms with van der Waals surface area (Å²) in [6.45, 7) is 6.37. The van der Waals surface area contributed by atoms with Crippen molar-refractivity contribution in [2.45, 2.75) is 25.9 Å². The summed E-state index contributed by atoms with van der Waals surface area (Å²) in [6, 6.07) is 0.822. The Hall–Kier alpha value is -1.69. The van der Waals surface area contributed by atoms with E-state index in [9.17, 15) is 0 Å².